The van der Waals surface area contributed by atoms with Gasteiger partial charge >= 0.3 is 6.09 Å². The maximum Gasteiger partial charge on any atom is 0.411 e. The zero-order chi connectivity index (χ0) is 22.7. The normalized spacial score (nSPS) is 19.3. The van der Waals surface area contributed by atoms with Gasteiger partial charge in [0.15, 0.2) is 0 Å². The quantitative estimate of drug-likeness (QED) is 0.383. The maximum atomic E-state index is 13.4. The number of aromatic nitrogens is 1. The minimum absolute atomic E-state index is 0.163. The molecule has 1 aliphatic rings. The zero-order valence-electron chi connectivity index (χ0n) is 17.8. The van der Waals surface area contributed by atoms with Gasteiger partial charge in [-0.1, -0.05) is 54.1 Å². The SMILES string of the molecule is C=CC[C@]1(c2ccc(F)cc2)CCN([C@@H](C)c2ccc(-c3cncc(Cl)c3)cc2)C(=O)O1. The van der Waals surface area contributed by atoms with E-state index in [1.165, 1.54) is 12.1 Å². The van der Waals surface area contributed by atoms with E-state index in [-0.39, 0.29) is 11.9 Å². The number of ether oxygens (including phenoxy) is 1. The van der Waals surface area contributed by atoms with Crippen molar-refractivity contribution in [1.29, 1.82) is 0 Å². The highest BCUT2D eigenvalue weighted by atomic mass is 35.5. The third-order valence-corrected chi connectivity index (χ3v) is 6.22. The molecule has 2 heterocycles. The number of carbonyl (C=O) groups is 1. The van der Waals surface area contributed by atoms with Crippen molar-refractivity contribution in [3.05, 3.63) is 102 Å². The van der Waals surface area contributed by atoms with Gasteiger partial charge in [0.1, 0.15) is 11.4 Å². The number of carbonyl (C=O) groups excluding carboxylic acids is 1. The molecule has 3 aromatic rings. The van der Waals surface area contributed by atoms with Crippen molar-refractivity contribution in [2.75, 3.05) is 6.54 Å². The fourth-order valence-corrected chi connectivity index (χ4v) is 4.35. The lowest BCUT2D eigenvalue weighted by Crippen LogP contribution is -2.48. The third kappa shape index (κ3) is 4.39. The molecular formula is C26H24ClFN2O2. The molecule has 0 radical (unpaired) electrons. The van der Waals surface area contributed by atoms with E-state index in [1.807, 2.05) is 37.3 Å². The summed E-state index contributed by atoms with van der Waals surface area (Å²) < 4.78 is 19.4. The molecule has 1 aromatic heterocycles. The van der Waals surface area contributed by atoms with E-state index in [9.17, 15) is 9.18 Å². The van der Waals surface area contributed by atoms with Crippen molar-refractivity contribution < 1.29 is 13.9 Å². The first-order valence-corrected chi connectivity index (χ1v) is 10.9. The van der Waals surface area contributed by atoms with Crippen LogP contribution in [-0.4, -0.2) is 22.5 Å². The van der Waals surface area contributed by atoms with Crippen LogP contribution < -0.4 is 0 Å². The lowest BCUT2D eigenvalue weighted by Gasteiger charge is -2.43. The van der Waals surface area contributed by atoms with Gasteiger partial charge in [-0.05, 0) is 41.8 Å². The molecule has 0 aliphatic carbocycles. The molecule has 2 aromatic carbocycles. The lowest BCUT2D eigenvalue weighted by molar-refractivity contribution is -0.0588. The van der Waals surface area contributed by atoms with Crippen LogP contribution in [0.4, 0.5) is 9.18 Å². The van der Waals surface area contributed by atoms with Gasteiger partial charge in [0.25, 0.3) is 0 Å². The van der Waals surface area contributed by atoms with Crippen molar-refractivity contribution >= 4 is 17.7 Å². The lowest BCUT2D eigenvalue weighted by atomic mass is 9.85. The minimum atomic E-state index is -0.827. The van der Waals surface area contributed by atoms with E-state index >= 15 is 0 Å². The van der Waals surface area contributed by atoms with Gasteiger partial charge in [-0.15, -0.1) is 6.58 Å². The number of halogens is 2. The second kappa shape index (κ2) is 9.13. The largest absolute Gasteiger partial charge is 0.437 e. The average Bonchev–Trinajstić information content (AvgIpc) is 2.79. The number of benzene rings is 2. The van der Waals surface area contributed by atoms with Crippen molar-refractivity contribution in [1.82, 2.24) is 9.88 Å². The van der Waals surface area contributed by atoms with Crippen molar-refractivity contribution in [2.45, 2.75) is 31.4 Å². The maximum absolute atomic E-state index is 13.4. The molecule has 164 valence electrons. The fraction of sp³-hybridized carbons (Fsp3) is 0.231. The summed E-state index contributed by atoms with van der Waals surface area (Å²) in [5, 5.41) is 0.583. The zero-order valence-corrected chi connectivity index (χ0v) is 18.6. The Hall–Kier alpha value is -3.18. The van der Waals surface area contributed by atoms with Gasteiger partial charge < -0.3 is 9.64 Å². The molecule has 0 saturated carbocycles. The molecule has 0 unspecified atom stereocenters. The Morgan fingerprint density at radius 2 is 1.91 bits per heavy atom. The number of cyclic esters (lactones) is 1. The smallest absolute Gasteiger partial charge is 0.411 e. The molecular weight excluding hydrogens is 427 g/mol. The molecule has 1 aliphatic heterocycles. The number of hydrogen-bond donors (Lipinski definition) is 0. The standard InChI is InChI=1S/C26H24ClFN2O2/c1-3-12-26(22-8-10-24(28)11-9-22)13-14-30(25(31)32-26)18(2)19-4-6-20(7-5-19)21-15-23(27)17-29-16-21/h3-11,15-18H,1,12-14H2,2H3/t18-,26+/m0/s1. The number of pyridine rings is 1. The molecule has 6 heteroatoms. The summed E-state index contributed by atoms with van der Waals surface area (Å²) in [6, 6.07) is 15.8. The highest BCUT2D eigenvalue weighted by Gasteiger charge is 2.42. The Balaban J connectivity index is 1.52. The Bertz CT molecular complexity index is 1120. The van der Waals surface area contributed by atoms with E-state index in [0.29, 0.717) is 24.4 Å². The number of amides is 1. The molecule has 4 rings (SSSR count). The molecule has 4 nitrogen and oxygen atoms in total. The average molecular weight is 451 g/mol. The van der Waals surface area contributed by atoms with Crippen molar-refractivity contribution in [2.24, 2.45) is 0 Å². The van der Waals surface area contributed by atoms with Gasteiger partial charge in [-0.2, -0.15) is 0 Å². The summed E-state index contributed by atoms with van der Waals surface area (Å²) in [5.74, 6) is -0.322. The van der Waals surface area contributed by atoms with Gasteiger partial charge in [-0.25, -0.2) is 9.18 Å². The summed E-state index contributed by atoms with van der Waals surface area (Å²) in [6.07, 6.45) is 5.77. The van der Waals surface area contributed by atoms with Gasteiger partial charge in [0, 0.05) is 37.3 Å². The van der Waals surface area contributed by atoms with E-state index in [4.69, 9.17) is 16.3 Å². The van der Waals surface area contributed by atoms with Crippen LogP contribution in [-0.2, 0) is 10.3 Å². The van der Waals surface area contributed by atoms with Crippen LogP contribution in [0.5, 0.6) is 0 Å². The molecule has 1 fully saturated rings. The Labute approximate surface area is 192 Å². The van der Waals surface area contributed by atoms with E-state index in [2.05, 4.69) is 11.6 Å². The van der Waals surface area contributed by atoms with Crippen LogP contribution in [0, 0.1) is 5.82 Å². The Kier molecular flexibility index (Phi) is 6.28. The summed E-state index contributed by atoms with van der Waals surface area (Å²) in [7, 11) is 0. The van der Waals surface area contributed by atoms with Crippen LogP contribution in [0.2, 0.25) is 5.02 Å². The monoisotopic (exact) mass is 450 g/mol. The molecule has 1 saturated heterocycles. The summed E-state index contributed by atoms with van der Waals surface area (Å²) in [5.41, 5.74) is 2.88. The molecule has 32 heavy (non-hydrogen) atoms. The van der Waals surface area contributed by atoms with Crippen LogP contribution in [0.15, 0.2) is 79.6 Å². The highest BCUT2D eigenvalue weighted by molar-refractivity contribution is 6.30. The van der Waals surface area contributed by atoms with Gasteiger partial charge in [0.2, 0.25) is 0 Å². The molecule has 1 amide bonds. The summed E-state index contributed by atoms with van der Waals surface area (Å²) in [6.45, 7) is 6.32. The van der Waals surface area contributed by atoms with Crippen LogP contribution in [0.1, 0.15) is 36.9 Å². The van der Waals surface area contributed by atoms with Crippen molar-refractivity contribution in [3.63, 3.8) is 0 Å². The number of rotatable bonds is 6. The summed E-state index contributed by atoms with van der Waals surface area (Å²) >= 11 is 6.05. The first kappa shape index (κ1) is 22.0. The predicted molar refractivity (Wildman–Crippen MR) is 124 cm³/mol. The Morgan fingerprint density at radius 3 is 2.53 bits per heavy atom. The minimum Gasteiger partial charge on any atom is -0.437 e. The summed E-state index contributed by atoms with van der Waals surface area (Å²) in [4.78, 5) is 18.9. The highest BCUT2D eigenvalue weighted by Crippen LogP contribution is 2.40. The second-order valence-electron chi connectivity index (χ2n) is 8.00. The van der Waals surface area contributed by atoms with Crippen LogP contribution >= 0.6 is 11.6 Å². The third-order valence-electron chi connectivity index (χ3n) is 6.02. The van der Waals surface area contributed by atoms with Crippen LogP contribution in [0.3, 0.4) is 0 Å². The molecule has 0 spiro atoms. The van der Waals surface area contributed by atoms with Gasteiger partial charge in [0.05, 0.1) is 11.1 Å². The van der Waals surface area contributed by atoms with E-state index in [1.54, 1.807) is 35.5 Å². The fourth-order valence-electron chi connectivity index (χ4n) is 4.18. The Morgan fingerprint density at radius 1 is 1.19 bits per heavy atom. The van der Waals surface area contributed by atoms with Gasteiger partial charge in [-0.3, -0.25) is 4.98 Å². The molecule has 0 bridgehead atoms. The predicted octanol–water partition coefficient (Wildman–Crippen LogP) is 6.92. The van der Waals surface area contributed by atoms with E-state index < -0.39 is 11.7 Å². The van der Waals surface area contributed by atoms with Crippen LogP contribution in [0.25, 0.3) is 11.1 Å². The first-order chi connectivity index (χ1) is 15.4. The topological polar surface area (TPSA) is 42.4 Å². The second-order valence-corrected chi connectivity index (χ2v) is 8.43. The number of hydrogen-bond acceptors (Lipinski definition) is 3. The first-order valence-electron chi connectivity index (χ1n) is 10.5. The molecule has 0 N–H and O–H groups in total. The number of nitrogens with zero attached hydrogens (tertiary/aromatic N) is 2. The van der Waals surface area contributed by atoms with E-state index in [0.717, 1.165) is 22.3 Å². The van der Waals surface area contributed by atoms with Crippen molar-refractivity contribution in [3.8, 4) is 11.1 Å². The molecule has 2 atom stereocenters.